The van der Waals surface area contributed by atoms with E-state index in [0.717, 1.165) is 6.07 Å². The number of carboxylic acid groups (broad SMARTS) is 1. The summed E-state index contributed by atoms with van der Waals surface area (Å²) in [5.74, 6) is -1.64. The monoisotopic (exact) mass is 300 g/mol. The van der Waals surface area contributed by atoms with Gasteiger partial charge in [0.2, 0.25) is 5.91 Å². The van der Waals surface area contributed by atoms with Gasteiger partial charge in [-0.15, -0.1) is 0 Å². The Morgan fingerprint density at radius 2 is 1.95 bits per heavy atom. The van der Waals surface area contributed by atoms with Gasteiger partial charge in [0.05, 0.1) is 17.2 Å². The molecule has 21 heavy (non-hydrogen) atoms. The Morgan fingerprint density at radius 3 is 2.48 bits per heavy atom. The first-order valence-corrected chi connectivity index (χ1v) is 5.87. The van der Waals surface area contributed by atoms with Crippen LogP contribution in [0.4, 0.5) is 18.9 Å². The highest BCUT2D eigenvalue weighted by molar-refractivity contribution is 5.91. The molecule has 0 aliphatic carbocycles. The zero-order valence-electron chi connectivity index (χ0n) is 10.7. The van der Waals surface area contributed by atoms with Crippen LogP contribution in [0.3, 0.4) is 0 Å². The number of nitriles is 1. The third-order valence-electron chi connectivity index (χ3n) is 2.52. The van der Waals surface area contributed by atoms with Crippen molar-refractivity contribution in [1.29, 1.82) is 5.26 Å². The van der Waals surface area contributed by atoms with E-state index >= 15 is 0 Å². The van der Waals surface area contributed by atoms with Crippen molar-refractivity contribution in [2.75, 3.05) is 5.32 Å². The molecule has 1 aromatic rings. The summed E-state index contributed by atoms with van der Waals surface area (Å²) >= 11 is 0. The molecule has 0 aliphatic heterocycles. The minimum absolute atomic E-state index is 0.0869. The maximum absolute atomic E-state index is 12.7. The number of hydrogen-bond acceptors (Lipinski definition) is 3. The number of halogens is 3. The third-order valence-corrected chi connectivity index (χ3v) is 2.52. The van der Waals surface area contributed by atoms with Crippen molar-refractivity contribution in [3.05, 3.63) is 29.3 Å². The Balaban J connectivity index is 2.79. The molecule has 0 heterocycles. The van der Waals surface area contributed by atoms with Crippen molar-refractivity contribution in [2.24, 2.45) is 0 Å². The molecule has 8 heteroatoms. The molecule has 0 unspecified atom stereocenters. The maximum Gasteiger partial charge on any atom is 0.417 e. The van der Waals surface area contributed by atoms with Gasteiger partial charge < -0.3 is 10.4 Å². The first kappa shape index (κ1) is 16.5. The average Bonchev–Trinajstić information content (AvgIpc) is 2.37. The van der Waals surface area contributed by atoms with Gasteiger partial charge in [0.1, 0.15) is 0 Å². The molecule has 5 nitrogen and oxygen atoms in total. The maximum atomic E-state index is 12.7. The summed E-state index contributed by atoms with van der Waals surface area (Å²) in [6, 6.07) is 4.26. The van der Waals surface area contributed by atoms with Crippen molar-refractivity contribution >= 4 is 17.6 Å². The van der Waals surface area contributed by atoms with Crippen molar-refractivity contribution in [3.63, 3.8) is 0 Å². The van der Waals surface area contributed by atoms with Crippen LogP contribution < -0.4 is 5.32 Å². The largest absolute Gasteiger partial charge is 0.481 e. The summed E-state index contributed by atoms with van der Waals surface area (Å²) in [6.07, 6.45) is -4.93. The third kappa shape index (κ3) is 5.14. The number of rotatable bonds is 5. The molecule has 0 aliphatic rings. The summed E-state index contributed by atoms with van der Waals surface area (Å²) in [6.45, 7) is 0. The van der Waals surface area contributed by atoms with Gasteiger partial charge in [0.25, 0.3) is 0 Å². The molecule has 0 atom stereocenters. The Kier molecular flexibility index (Phi) is 5.30. The molecule has 0 saturated heterocycles. The second-order valence-corrected chi connectivity index (χ2v) is 4.17. The summed E-state index contributed by atoms with van der Waals surface area (Å²) in [5, 5.41) is 19.3. The molecule has 0 bridgehead atoms. The van der Waals surface area contributed by atoms with Crippen LogP contribution in [0.15, 0.2) is 18.2 Å². The van der Waals surface area contributed by atoms with Crippen LogP contribution in [0, 0.1) is 11.3 Å². The predicted octanol–water partition coefficient (Wildman–Crippen LogP) is 2.77. The number of alkyl halides is 3. The molecule has 1 amide bonds. The lowest BCUT2D eigenvalue weighted by molar-refractivity contribution is -0.138. The number of hydrogen-bond donors (Lipinski definition) is 2. The molecule has 0 spiro atoms. The van der Waals surface area contributed by atoms with E-state index in [9.17, 15) is 22.8 Å². The Hall–Kier alpha value is -2.56. The molecule has 0 saturated carbocycles. The fourth-order valence-corrected chi connectivity index (χ4v) is 1.58. The highest BCUT2D eigenvalue weighted by Gasteiger charge is 2.33. The van der Waals surface area contributed by atoms with Gasteiger partial charge in [0.15, 0.2) is 0 Å². The van der Waals surface area contributed by atoms with Crippen LogP contribution in [-0.4, -0.2) is 17.0 Å². The smallest absolute Gasteiger partial charge is 0.417 e. The van der Waals surface area contributed by atoms with E-state index < -0.39 is 29.2 Å². The van der Waals surface area contributed by atoms with Crippen molar-refractivity contribution in [1.82, 2.24) is 0 Å². The number of anilines is 1. The number of carbonyl (C=O) groups is 2. The number of carboxylic acids is 1. The van der Waals surface area contributed by atoms with Crippen molar-refractivity contribution in [3.8, 4) is 6.07 Å². The van der Waals surface area contributed by atoms with Gasteiger partial charge in [-0.05, 0) is 24.6 Å². The van der Waals surface area contributed by atoms with Crippen LogP contribution in [-0.2, 0) is 15.8 Å². The minimum atomic E-state index is -4.70. The van der Waals surface area contributed by atoms with E-state index in [2.05, 4.69) is 5.32 Å². The average molecular weight is 300 g/mol. The van der Waals surface area contributed by atoms with Crippen LogP contribution in [0.2, 0.25) is 0 Å². The van der Waals surface area contributed by atoms with Crippen LogP contribution in [0.25, 0.3) is 0 Å². The first-order valence-electron chi connectivity index (χ1n) is 5.87. The Bertz CT molecular complexity index is 591. The first-order chi connectivity index (χ1) is 9.74. The number of carbonyl (C=O) groups excluding carboxylic acids is 1. The van der Waals surface area contributed by atoms with E-state index in [-0.39, 0.29) is 24.9 Å². The molecule has 0 radical (unpaired) electrons. The predicted molar refractivity (Wildman–Crippen MR) is 66.3 cm³/mol. The minimum Gasteiger partial charge on any atom is -0.481 e. The number of nitrogens with zero attached hydrogens (tertiary/aromatic N) is 1. The number of nitrogens with one attached hydrogen (secondary N) is 1. The van der Waals surface area contributed by atoms with Gasteiger partial charge in [-0.1, -0.05) is 0 Å². The highest BCUT2D eigenvalue weighted by atomic mass is 19.4. The zero-order chi connectivity index (χ0) is 16.0. The molecule has 2 N–H and O–H groups in total. The lowest BCUT2D eigenvalue weighted by atomic mass is 10.1. The molecule has 1 rings (SSSR count). The number of amides is 1. The van der Waals surface area contributed by atoms with Crippen molar-refractivity contribution in [2.45, 2.75) is 25.4 Å². The fourth-order valence-electron chi connectivity index (χ4n) is 1.58. The van der Waals surface area contributed by atoms with Crippen LogP contribution in [0.5, 0.6) is 0 Å². The molecular formula is C13H11F3N2O3. The highest BCUT2D eigenvalue weighted by Crippen LogP contribution is 2.33. The molecular weight excluding hydrogens is 289 g/mol. The van der Waals surface area contributed by atoms with Crippen molar-refractivity contribution < 1.29 is 27.9 Å². The second-order valence-electron chi connectivity index (χ2n) is 4.17. The fraction of sp³-hybridized carbons (Fsp3) is 0.308. The van der Waals surface area contributed by atoms with Gasteiger partial charge in [0, 0.05) is 18.5 Å². The SMILES string of the molecule is N#Cc1ccc(NC(=O)CCCC(=O)O)cc1C(F)(F)F. The van der Waals surface area contributed by atoms with Gasteiger partial charge in [-0.25, -0.2) is 0 Å². The number of benzene rings is 1. The Labute approximate surface area is 118 Å². The van der Waals surface area contributed by atoms with E-state index in [1.54, 1.807) is 0 Å². The normalized spacial score (nSPS) is 10.8. The molecule has 112 valence electrons. The standard InChI is InChI=1S/C13H11F3N2O3/c14-13(15,16)10-6-9(5-4-8(10)7-17)18-11(19)2-1-3-12(20)21/h4-6H,1-3H2,(H,18,19)(H,20,21). The molecule has 0 fully saturated rings. The quantitative estimate of drug-likeness (QED) is 0.874. The summed E-state index contributed by atoms with van der Waals surface area (Å²) in [7, 11) is 0. The summed E-state index contributed by atoms with van der Waals surface area (Å²) in [5.41, 5.74) is -1.76. The lowest BCUT2D eigenvalue weighted by Gasteiger charge is -2.11. The summed E-state index contributed by atoms with van der Waals surface area (Å²) < 4.78 is 38.1. The van der Waals surface area contributed by atoms with E-state index in [4.69, 9.17) is 10.4 Å². The van der Waals surface area contributed by atoms with Gasteiger partial charge >= 0.3 is 12.1 Å². The lowest BCUT2D eigenvalue weighted by Crippen LogP contribution is -2.14. The number of aliphatic carboxylic acids is 1. The molecule has 1 aromatic carbocycles. The topological polar surface area (TPSA) is 90.2 Å². The molecule has 0 aromatic heterocycles. The second kappa shape index (κ2) is 6.74. The van der Waals surface area contributed by atoms with Gasteiger partial charge in [-0.3, -0.25) is 9.59 Å². The van der Waals surface area contributed by atoms with Crippen LogP contribution >= 0.6 is 0 Å². The van der Waals surface area contributed by atoms with E-state index in [0.29, 0.717) is 6.07 Å². The summed E-state index contributed by atoms with van der Waals surface area (Å²) in [4.78, 5) is 21.7. The zero-order valence-corrected chi connectivity index (χ0v) is 10.7. The van der Waals surface area contributed by atoms with E-state index in [1.165, 1.54) is 12.1 Å². The van der Waals surface area contributed by atoms with Gasteiger partial charge in [-0.2, -0.15) is 18.4 Å². The van der Waals surface area contributed by atoms with Crippen LogP contribution in [0.1, 0.15) is 30.4 Å². The Morgan fingerprint density at radius 1 is 1.29 bits per heavy atom. The van der Waals surface area contributed by atoms with E-state index in [1.807, 2.05) is 0 Å².